The van der Waals surface area contributed by atoms with Crippen LogP contribution in [0.25, 0.3) is 0 Å². The molecule has 1 aromatic heterocycles. The van der Waals surface area contributed by atoms with Gasteiger partial charge in [0.15, 0.2) is 6.04 Å². The Morgan fingerprint density at radius 1 is 1.35 bits per heavy atom. The highest BCUT2D eigenvalue weighted by molar-refractivity contribution is 5.80. The maximum absolute atomic E-state index is 11.6. The summed E-state index contributed by atoms with van der Waals surface area (Å²) in [5, 5.41) is 21.2. The molecule has 1 heterocycles. The predicted molar refractivity (Wildman–Crippen MR) is 70.0 cm³/mol. The third kappa shape index (κ3) is 4.85. The van der Waals surface area contributed by atoms with Crippen molar-refractivity contribution < 1.29 is 24.5 Å². The molecular weight excluding hydrogens is 264 g/mol. The van der Waals surface area contributed by atoms with Crippen molar-refractivity contribution in [1.82, 2.24) is 10.3 Å². The molecule has 0 fully saturated rings. The number of aromatic nitrogens is 1. The van der Waals surface area contributed by atoms with E-state index in [1.165, 1.54) is 12.3 Å². The summed E-state index contributed by atoms with van der Waals surface area (Å²) in [5.74, 6) is -1.38. The van der Waals surface area contributed by atoms with Gasteiger partial charge in [-0.2, -0.15) is 0 Å². The van der Waals surface area contributed by atoms with E-state index in [0.29, 0.717) is 0 Å². The Hall–Kier alpha value is -2.15. The van der Waals surface area contributed by atoms with E-state index < -0.39 is 29.8 Å². The summed E-state index contributed by atoms with van der Waals surface area (Å²) in [5.41, 5.74) is -0.612. The number of aliphatic carboxylic acids is 1. The van der Waals surface area contributed by atoms with Crippen LogP contribution >= 0.6 is 0 Å². The van der Waals surface area contributed by atoms with Gasteiger partial charge in [0, 0.05) is 6.20 Å². The molecule has 0 aliphatic heterocycles. The molecule has 3 N–H and O–H groups in total. The molecule has 7 nitrogen and oxygen atoms in total. The van der Waals surface area contributed by atoms with Gasteiger partial charge in [-0.25, -0.2) is 9.59 Å². The Morgan fingerprint density at radius 3 is 2.45 bits per heavy atom. The maximum Gasteiger partial charge on any atom is 0.408 e. The number of carbonyl (C=O) groups is 2. The number of ether oxygens (including phenoxy) is 1. The third-order valence-corrected chi connectivity index (χ3v) is 2.24. The normalized spacial score (nSPS) is 14.2. The maximum atomic E-state index is 11.6. The second kappa shape index (κ2) is 6.33. The molecule has 20 heavy (non-hydrogen) atoms. The zero-order chi connectivity index (χ0) is 15.3. The number of carbonyl (C=O) groups excluding carboxylic acids is 1. The first kappa shape index (κ1) is 15.9. The fourth-order valence-corrected chi connectivity index (χ4v) is 1.43. The van der Waals surface area contributed by atoms with Gasteiger partial charge in [0.25, 0.3) is 0 Å². The Balaban J connectivity index is 2.80. The second-order valence-corrected chi connectivity index (χ2v) is 5.16. The van der Waals surface area contributed by atoms with Crippen molar-refractivity contribution in [3.63, 3.8) is 0 Å². The quantitative estimate of drug-likeness (QED) is 0.762. The van der Waals surface area contributed by atoms with Crippen LogP contribution in [0.1, 0.15) is 32.6 Å². The van der Waals surface area contributed by atoms with Crippen LogP contribution in [0.5, 0.6) is 0 Å². The van der Waals surface area contributed by atoms with Crippen molar-refractivity contribution in [2.45, 2.75) is 38.5 Å². The van der Waals surface area contributed by atoms with Gasteiger partial charge in [0.2, 0.25) is 0 Å². The molecule has 1 aromatic rings. The van der Waals surface area contributed by atoms with Crippen molar-refractivity contribution in [2.24, 2.45) is 0 Å². The van der Waals surface area contributed by atoms with E-state index in [-0.39, 0.29) is 5.69 Å². The lowest BCUT2D eigenvalue weighted by Crippen LogP contribution is -2.47. The number of carboxylic acid groups (broad SMARTS) is 1. The fraction of sp³-hybridized carbons (Fsp3) is 0.462. The fourth-order valence-electron chi connectivity index (χ4n) is 1.43. The summed E-state index contributed by atoms with van der Waals surface area (Å²) in [6.45, 7) is 4.95. The summed E-state index contributed by atoms with van der Waals surface area (Å²) in [6.07, 6.45) is -0.966. The van der Waals surface area contributed by atoms with Crippen molar-refractivity contribution in [1.29, 1.82) is 0 Å². The average molecular weight is 282 g/mol. The molecule has 110 valence electrons. The largest absolute Gasteiger partial charge is 0.480 e. The number of hydrogen-bond acceptors (Lipinski definition) is 5. The first-order valence-electron chi connectivity index (χ1n) is 6.02. The van der Waals surface area contributed by atoms with E-state index in [9.17, 15) is 14.7 Å². The SMILES string of the molecule is CC(C)(C)OC(=O)N[C@H](C(=O)O)[C@@H](O)c1ccccn1. The average Bonchev–Trinajstić information content (AvgIpc) is 2.34. The highest BCUT2D eigenvalue weighted by Crippen LogP contribution is 2.15. The number of pyridine rings is 1. The van der Waals surface area contributed by atoms with Crippen molar-refractivity contribution in [2.75, 3.05) is 0 Å². The molecule has 0 aliphatic carbocycles. The molecule has 0 bridgehead atoms. The highest BCUT2D eigenvalue weighted by atomic mass is 16.6. The van der Waals surface area contributed by atoms with Gasteiger partial charge in [0.05, 0.1) is 5.69 Å². The Bertz CT molecular complexity index is 469. The first-order chi connectivity index (χ1) is 9.20. The number of hydrogen-bond donors (Lipinski definition) is 3. The number of alkyl carbamates (subject to hydrolysis) is 1. The first-order valence-corrected chi connectivity index (χ1v) is 6.02. The van der Waals surface area contributed by atoms with E-state index in [0.717, 1.165) is 0 Å². The van der Waals surface area contributed by atoms with Crippen LogP contribution in [0, 0.1) is 0 Å². The topological polar surface area (TPSA) is 109 Å². The van der Waals surface area contributed by atoms with Gasteiger partial charge >= 0.3 is 12.1 Å². The van der Waals surface area contributed by atoms with Gasteiger partial charge in [-0.1, -0.05) is 6.07 Å². The molecule has 0 spiro atoms. The number of aliphatic hydroxyl groups is 1. The minimum absolute atomic E-state index is 0.149. The summed E-state index contributed by atoms with van der Waals surface area (Å²) >= 11 is 0. The van der Waals surface area contributed by atoms with Crippen molar-refractivity contribution in [3.8, 4) is 0 Å². The standard InChI is InChI=1S/C13H18N2O5/c1-13(2,3)20-12(19)15-9(11(17)18)10(16)8-6-4-5-7-14-8/h4-7,9-10,16H,1-3H3,(H,15,19)(H,17,18)/t9-,10-/m0/s1. The molecule has 0 aliphatic rings. The van der Waals surface area contributed by atoms with Gasteiger partial charge < -0.3 is 20.3 Å². The van der Waals surface area contributed by atoms with Gasteiger partial charge in [0.1, 0.15) is 11.7 Å². The zero-order valence-electron chi connectivity index (χ0n) is 11.5. The van der Waals surface area contributed by atoms with Crippen molar-refractivity contribution >= 4 is 12.1 Å². The molecular formula is C13H18N2O5. The van der Waals surface area contributed by atoms with Crippen LogP contribution in [0.15, 0.2) is 24.4 Å². The summed E-state index contributed by atoms with van der Waals surface area (Å²) in [7, 11) is 0. The van der Waals surface area contributed by atoms with Gasteiger partial charge in [-0.05, 0) is 32.9 Å². The third-order valence-electron chi connectivity index (χ3n) is 2.24. The van der Waals surface area contributed by atoms with E-state index in [2.05, 4.69) is 10.3 Å². The minimum Gasteiger partial charge on any atom is -0.480 e. The molecule has 1 rings (SSSR count). The monoisotopic (exact) mass is 282 g/mol. The number of carboxylic acids is 1. The van der Waals surface area contributed by atoms with Crippen LogP contribution in [-0.2, 0) is 9.53 Å². The number of nitrogens with zero attached hydrogens (tertiary/aromatic N) is 1. The molecule has 0 saturated heterocycles. The highest BCUT2D eigenvalue weighted by Gasteiger charge is 2.31. The lowest BCUT2D eigenvalue weighted by atomic mass is 10.1. The number of amides is 1. The van der Waals surface area contributed by atoms with Crippen LogP contribution in [0.3, 0.4) is 0 Å². The Kier molecular flexibility index (Phi) is 5.04. The molecule has 0 radical (unpaired) electrons. The van der Waals surface area contributed by atoms with E-state index in [1.54, 1.807) is 32.9 Å². The Labute approximate surface area is 116 Å². The van der Waals surface area contributed by atoms with Crippen LogP contribution in [0.4, 0.5) is 4.79 Å². The summed E-state index contributed by atoms with van der Waals surface area (Å²) < 4.78 is 4.96. The van der Waals surface area contributed by atoms with E-state index in [1.807, 2.05) is 0 Å². The number of nitrogens with one attached hydrogen (secondary N) is 1. The van der Waals surface area contributed by atoms with E-state index >= 15 is 0 Å². The van der Waals surface area contributed by atoms with E-state index in [4.69, 9.17) is 9.84 Å². The lowest BCUT2D eigenvalue weighted by Gasteiger charge is -2.24. The number of rotatable bonds is 4. The molecule has 7 heteroatoms. The van der Waals surface area contributed by atoms with Crippen molar-refractivity contribution in [3.05, 3.63) is 30.1 Å². The molecule has 2 atom stereocenters. The second-order valence-electron chi connectivity index (χ2n) is 5.16. The summed E-state index contributed by atoms with van der Waals surface area (Å²) in [4.78, 5) is 26.6. The summed E-state index contributed by atoms with van der Waals surface area (Å²) in [6, 6.07) is 3.17. The smallest absolute Gasteiger partial charge is 0.408 e. The van der Waals surface area contributed by atoms with Crippen LogP contribution in [-0.4, -0.2) is 38.9 Å². The van der Waals surface area contributed by atoms with Crippen LogP contribution < -0.4 is 5.32 Å². The zero-order valence-corrected chi connectivity index (χ0v) is 11.5. The molecule has 0 unspecified atom stereocenters. The van der Waals surface area contributed by atoms with Gasteiger partial charge in [-0.15, -0.1) is 0 Å². The predicted octanol–water partition coefficient (Wildman–Crippen LogP) is 1.09. The molecule has 0 aromatic carbocycles. The number of aliphatic hydroxyl groups excluding tert-OH is 1. The molecule has 0 saturated carbocycles. The molecule has 1 amide bonds. The Morgan fingerprint density at radius 2 is 2.00 bits per heavy atom. The minimum atomic E-state index is -1.54. The lowest BCUT2D eigenvalue weighted by molar-refractivity contribution is -0.142. The van der Waals surface area contributed by atoms with Gasteiger partial charge in [-0.3, -0.25) is 4.98 Å². The van der Waals surface area contributed by atoms with Crippen LogP contribution in [0.2, 0.25) is 0 Å².